The Kier molecular flexibility index (Phi) is 6.09. The van der Waals surface area contributed by atoms with Crippen molar-refractivity contribution in [3.63, 3.8) is 0 Å². The van der Waals surface area contributed by atoms with Crippen LogP contribution in [-0.4, -0.2) is 0 Å². The topological polar surface area (TPSA) is 0 Å². The van der Waals surface area contributed by atoms with Gasteiger partial charge in [0.05, 0.1) is 0 Å². The lowest BCUT2D eigenvalue weighted by Gasteiger charge is -2.50. The Labute approximate surface area is 239 Å². The Balaban J connectivity index is 1.33. The number of hydrogen-bond acceptors (Lipinski definition) is 0. The van der Waals surface area contributed by atoms with Crippen molar-refractivity contribution in [3.8, 4) is 0 Å². The molecule has 0 radical (unpaired) electrons. The molecule has 6 aliphatic carbocycles. The van der Waals surface area contributed by atoms with Gasteiger partial charge in [0.25, 0.3) is 0 Å². The minimum atomic E-state index is 0.432. The molecule has 2 aromatic rings. The monoisotopic (exact) mass is 518 g/mol. The molecule has 40 heavy (non-hydrogen) atoms. The van der Waals surface area contributed by atoms with Gasteiger partial charge in [-0.05, 0) is 107 Å². The van der Waals surface area contributed by atoms with Gasteiger partial charge >= 0.3 is 0 Å². The molecule has 0 saturated heterocycles. The molecule has 0 aliphatic heterocycles. The molecule has 0 amide bonds. The fraction of sp³-hybridized carbons (Fsp3) is 0.300. The van der Waals surface area contributed by atoms with Gasteiger partial charge in [0.2, 0.25) is 0 Å². The lowest BCUT2D eigenvalue weighted by molar-refractivity contribution is 0.340. The Hall–Kier alpha value is -3.64. The molecule has 1 fully saturated rings. The van der Waals surface area contributed by atoms with E-state index in [4.69, 9.17) is 0 Å². The zero-order chi connectivity index (χ0) is 26.5. The van der Waals surface area contributed by atoms with Crippen LogP contribution in [0.2, 0.25) is 0 Å². The molecule has 0 heteroatoms. The largest absolute Gasteiger partial charge is 0.0839 e. The minimum Gasteiger partial charge on any atom is -0.0839 e. The van der Waals surface area contributed by atoms with Crippen LogP contribution in [0.5, 0.6) is 0 Å². The normalized spacial score (nSPS) is 30.5. The van der Waals surface area contributed by atoms with E-state index in [0.717, 1.165) is 12.8 Å². The summed E-state index contributed by atoms with van der Waals surface area (Å²) in [7, 11) is 0. The van der Waals surface area contributed by atoms with Crippen molar-refractivity contribution in [1.82, 2.24) is 0 Å². The van der Waals surface area contributed by atoms with E-state index < -0.39 is 0 Å². The van der Waals surface area contributed by atoms with Crippen molar-refractivity contribution in [3.05, 3.63) is 160 Å². The van der Waals surface area contributed by atoms with Crippen molar-refractivity contribution >= 4 is 5.57 Å². The van der Waals surface area contributed by atoms with E-state index in [1.165, 1.54) is 48.8 Å². The molecule has 6 aliphatic rings. The number of allylic oxidation sites excluding steroid dienone is 16. The molecule has 0 bridgehead atoms. The first-order chi connectivity index (χ1) is 19.9. The zero-order valence-corrected chi connectivity index (χ0v) is 23.3. The standard InChI is InChI=1S/C40H38/c1-5-13-27(14-6-1)35-25-36(28-15-7-2-8-16-28)32-23-24-34-38(30-19-11-4-12-20-30)26-37(29-17-9-3-10-18-29)33-22-21-31(35)39(32)40(33)34/h1-3,5-11,13-17,19-20,25-26,29,32,34,36,38H,4,12,18,21-24H2. The van der Waals surface area contributed by atoms with E-state index >= 15 is 0 Å². The van der Waals surface area contributed by atoms with Crippen LogP contribution in [0.4, 0.5) is 0 Å². The van der Waals surface area contributed by atoms with E-state index in [0.29, 0.717) is 29.6 Å². The van der Waals surface area contributed by atoms with Crippen LogP contribution >= 0.6 is 0 Å². The SMILES string of the molecule is C1=CCC(C2=CC(C3=CCCC=C3)C3CCC4C5=C(CCC2=C53)C(c2ccccc2)=CC4c2ccccc2)C=C1. The van der Waals surface area contributed by atoms with Crippen molar-refractivity contribution in [2.45, 2.75) is 50.9 Å². The Morgan fingerprint density at radius 2 is 1.40 bits per heavy atom. The second kappa shape index (κ2) is 10.1. The lowest BCUT2D eigenvalue weighted by Crippen LogP contribution is -2.37. The third-order valence-electron chi connectivity index (χ3n) is 10.4. The third kappa shape index (κ3) is 3.95. The van der Waals surface area contributed by atoms with Gasteiger partial charge in [-0.2, -0.15) is 0 Å². The van der Waals surface area contributed by atoms with Crippen LogP contribution in [0, 0.1) is 23.7 Å². The molecule has 0 aromatic heterocycles. The first-order valence-electron chi connectivity index (χ1n) is 15.6. The van der Waals surface area contributed by atoms with Gasteiger partial charge in [0, 0.05) is 17.8 Å². The maximum absolute atomic E-state index is 2.73. The van der Waals surface area contributed by atoms with Gasteiger partial charge < -0.3 is 0 Å². The molecule has 198 valence electrons. The fourth-order valence-electron chi connectivity index (χ4n) is 8.70. The summed E-state index contributed by atoms with van der Waals surface area (Å²) in [5, 5.41) is 0. The second-order valence-corrected chi connectivity index (χ2v) is 12.4. The highest BCUT2D eigenvalue weighted by Crippen LogP contribution is 2.61. The summed E-state index contributed by atoms with van der Waals surface area (Å²) in [6.07, 6.45) is 30.6. The van der Waals surface area contributed by atoms with Crippen LogP contribution in [0.25, 0.3) is 5.57 Å². The minimum absolute atomic E-state index is 0.432. The Morgan fingerprint density at radius 3 is 2.15 bits per heavy atom. The summed E-state index contributed by atoms with van der Waals surface area (Å²) in [5.41, 5.74) is 14.4. The van der Waals surface area contributed by atoms with Gasteiger partial charge in [-0.1, -0.05) is 115 Å². The Bertz CT molecular complexity index is 1560. The number of hydrogen-bond donors (Lipinski definition) is 0. The molecule has 5 unspecified atom stereocenters. The summed E-state index contributed by atoms with van der Waals surface area (Å²) < 4.78 is 0. The van der Waals surface area contributed by atoms with E-state index in [1.807, 2.05) is 0 Å². The van der Waals surface area contributed by atoms with Crippen LogP contribution in [0.3, 0.4) is 0 Å². The average Bonchev–Trinajstić information content (AvgIpc) is 3.04. The maximum Gasteiger partial charge on any atom is 0.00962 e. The van der Waals surface area contributed by atoms with Gasteiger partial charge in [0.15, 0.2) is 0 Å². The third-order valence-corrected chi connectivity index (χ3v) is 10.4. The summed E-state index contributed by atoms with van der Waals surface area (Å²) in [4.78, 5) is 0. The fourth-order valence-corrected chi connectivity index (χ4v) is 8.70. The summed E-state index contributed by atoms with van der Waals surface area (Å²) >= 11 is 0. The van der Waals surface area contributed by atoms with Crippen LogP contribution < -0.4 is 0 Å². The Morgan fingerprint density at radius 1 is 0.650 bits per heavy atom. The van der Waals surface area contributed by atoms with Crippen molar-refractivity contribution in [2.75, 3.05) is 0 Å². The summed E-state index contributed by atoms with van der Waals surface area (Å²) in [6, 6.07) is 22.6. The van der Waals surface area contributed by atoms with Crippen LogP contribution in [0.15, 0.2) is 149 Å². The predicted molar refractivity (Wildman–Crippen MR) is 168 cm³/mol. The van der Waals surface area contributed by atoms with Crippen LogP contribution in [0.1, 0.15) is 62.0 Å². The second-order valence-electron chi connectivity index (χ2n) is 12.4. The van der Waals surface area contributed by atoms with E-state index in [9.17, 15) is 0 Å². The van der Waals surface area contributed by atoms with Crippen molar-refractivity contribution < 1.29 is 0 Å². The van der Waals surface area contributed by atoms with Gasteiger partial charge in [0.1, 0.15) is 0 Å². The molecule has 0 heterocycles. The van der Waals surface area contributed by atoms with E-state index in [2.05, 4.69) is 115 Å². The maximum atomic E-state index is 2.73. The lowest BCUT2D eigenvalue weighted by atomic mass is 9.54. The molecule has 1 saturated carbocycles. The number of benzene rings is 2. The quantitative estimate of drug-likeness (QED) is 0.378. The van der Waals surface area contributed by atoms with Gasteiger partial charge in [-0.25, -0.2) is 0 Å². The molecule has 2 aromatic carbocycles. The molecule has 0 N–H and O–H groups in total. The summed E-state index contributed by atoms with van der Waals surface area (Å²) in [5.74, 6) is 2.61. The smallest absolute Gasteiger partial charge is 0.00962 e. The first-order valence-corrected chi connectivity index (χ1v) is 15.6. The van der Waals surface area contributed by atoms with E-state index in [-0.39, 0.29) is 0 Å². The van der Waals surface area contributed by atoms with E-state index in [1.54, 1.807) is 33.4 Å². The zero-order valence-electron chi connectivity index (χ0n) is 23.3. The number of rotatable bonds is 4. The average molecular weight is 519 g/mol. The van der Waals surface area contributed by atoms with Gasteiger partial charge in [-0.15, -0.1) is 0 Å². The molecule has 0 spiro atoms. The predicted octanol–water partition coefficient (Wildman–Crippen LogP) is 10.2. The van der Waals surface area contributed by atoms with Gasteiger partial charge in [-0.3, -0.25) is 0 Å². The van der Waals surface area contributed by atoms with Crippen molar-refractivity contribution in [1.29, 1.82) is 0 Å². The molecular formula is C40H38. The van der Waals surface area contributed by atoms with Crippen molar-refractivity contribution in [2.24, 2.45) is 23.7 Å². The molecular weight excluding hydrogens is 480 g/mol. The first kappa shape index (κ1) is 24.2. The molecule has 8 rings (SSSR count). The highest BCUT2D eigenvalue weighted by molar-refractivity contribution is 5.85. The highest BCUT2D eigenvalue weighted by atomic mass is 14.5. The molecule has 5 atom stereocenters. The van der Waals surface area contributed by atoms with Crippen LogP contribution in [-0.2, 0) is 0 Å². The molecule has 0 nitrogen and oxygen atoms in total. The summed E-state index contributed by atoms with van der Waals surface area (Å²) in [6.45, 7) is 0. The highest BCUT2D eigenvalue weighted by Gasteiger charge is 2.47.